The summed E-state index contributed by atoms with van der Waals surface area (Å²) >= 11 is 9.20. The molecule has 2 aromatic rings. The molecule has 0 saturated heterocycles. The second-order valence-corrected chi connectivity index (χ2v) is 5.16. The van der Waals surface area contributed by atoms with Crippen LogP contribution in [-0.4, -0.2) is 9.85 Å². The molecule has 0 unspecified atom stereocenters. The van der Waals surface area contributed by atoms with Crippen LogP contribution in [0.1, 0.15) is 0 Å². The SMILES string of the molecule is O=[N+]([O-])c1ccc(Oc2ccc(Br)cc2Cl)cc1[N+](=O)[O-]. The highest BCUT2D eigenvalue weighted by Gasteiger charge is 2.24. The van der Waals surface area contributed by atoms with E-state index in [1.165, 1.54) is 6.07 Å². The fraction of sp³-hybridized carbons (Fsp3) is 0. The Hall–Kier alpha value is -2.19. The predicted molar refractivity (Wildman–Crippen MR) is 79.0 cm³/mol. The Morgan fingerprint density at radius 1 is 1.00 bits per heavy atom. The lowest BCUT2D eigenvalue weighted by Gasteiger charge is -2.07. The van der Waals surface area contributed by atoms with E-state index < -0.39 is 21.2 Å². The van der Waals surface area contributed by atoms with Gasteiger partial charge in [-0.3, -0.25) is 20.2 Å². The first kappa shape index (κ1) is 15.2. The van der Waals surface area contributed by atoms with Crippen molar-refractivity contribution < 1.29 is 14.6 Å². The molecule has 0 aliphatic carbocycles. The van der Waals surface area contributed by atoms with Crippen molar-refractivity contribution in [1.82, 2.24) is 0 Å². The maximum absolute atomic E-state index is 10.9. The lowest BCUT2D eigenvalue weighted by Crippen LogP contribution is -1.97. The molecule has 0 aliphatic heterocycles. The summed E-state index contributed by atoms with van der Waals surface area (Å²) in [6.07, 6.45) is 0. The average Bonchev–Trinajstić information content (AvgIpc) is 2.41. The summed E-state index contributed by atoms with van der Waals surface area (Å²) in [7, 11) is 0. The summed E-state index contributed by atoms with van der Waals surface area (Å²) in [5, 5.41) is 21.9. The van der Waals surface area contributed by atoms with Crippen molar-refractivity contribution in [2.45, 2.75) is 0 Å². The van der Waals surface area contributed by atoms with Crippen LogP contribution in [0, 0.1) is 20.2 Å². The second kappa shape index (κ2) is 6.06. The monoisotopic (exact) mass is 372 g/mol. The molecule has 0 spiro atoms. The molecule has 0 aromatic heterocycles. The smallest absolute Gasteiger partial charge is 0.349 e. The van der Waals surface area contributed by atoms with Crippen LogP contribution in [-0.2, 0) is 0 Å². The van der Waals surface area contributed by atoms with E-state index in [-0.39, 0.29) is 11.5 Å². The molecule has 0 amide bonds. The fourth-order valence-corrected chi connectivity index (χ4v) is 2.26. The molecule has 0 saturated carbocycles. The standard InChI is InChI=1S/C12H6BrClN2O5/c13-7-1-4-12(9(14)5-7)21-8-2-3-10(15(17)18)11(6-8)16(19)20/h1-6H. The molecule has 2 aromatic carbocycles. The van der Waals surface area contributed by atoms with Crippen LogP contribution in [0.4, 0.5) is 11.4 Å². The van der Waals surface area contributed by atoms with Gasteiger partial charge in [0.15, 0.2) is 0 Å². The lowest BCUT2D eigenvalue weighted by molar-refractivity contribution is -0.422. The van der Waals surface area contributed by atoms with E-state index in [1.807, 2.05) is 0 Å². The molecule has 7 nitrogen and oxygen atoms in total. The lowest BCUT2D eigenvalue weighted by atomic mass is 10.2. The summed E-state index contributed by atoms with van der Waals surface area (Å²) in [6, 6.07) is 8.11. The van der Waals surface area contributed by atoms with Crippen molar-refractivity contribution in [3.05, 3.63) is 66.1 Å². The van der Waals surface area contributed by atoms with E-state index in [0.717, 1.165) is 16.6 Å². The summed E-state index contributed by atoms with van der Waals surface area (Å²) in [4.78, 5) is 19.9. The number of nitro benzene ring substituents is 2. The van der Waals surface area contributed by atoms with Gasteiger partial charge in [-0.25, -0.2) is 0 Å². The van der Waals surface area contributed by atoms with Gasteiger partial charge in [0.25, 0.3) is 0 Å². The number of hydrogen-bond donors (Lipinski definition) is 0. The van der Waals surface area contributed by atoms with E-state index in [1.54, 1.807) is 18.2 Å². The Morgan fingerprint density at radius 3 is 2.24 bits per heavy atom. The number of benzene rings is 2. The highest BCUT2D eigenvalue weighted by Crippen LogP contribution is 2.35. The highest BCUT2D eigenvalue weighted by molar-refractivity contribution is 9.10. The quantitative estimate of drug-likeness (QED) is 0.571. The van der Waals surface area contributed by atoms with Crippen LogP contribution >= 0.6 is 27.5 Å². The van der Waals surface area contributed by atoms with E-state index in [0.29, 0.717) is 5.02 Å². The third-order valence-corrected chi connectivity index (χ3v) is 3.25. The van der Waals surface area contributed by atoms with Crippen molar-refractivity contribution in [3.8, 4) is 11.5 Å². The van der Waals surface area contributed by atoms with Gasteiger partial charge in [-0.1, -0.05) is 27.5 Å². The van der Waals surface area contributed by atoms with Crippen LogP contribution in [0.3, 0.4) is 0 Å². The molecular weight excluding hydrogens is 367 g/mol. The van der Waals surface area contributed by atoms with Crippen LogP contribution in [0.2, 0.25) is 5.02 Å². The zero-order valence-electron chi connectivity index (χ0n) is 10.2. The largest absolute Gasteiger partial charge is 0.456 e. The van der Waals surface area contributed by atoms with Crippen molar-refractivity contribution in [3.63, 3.8) is 0 Å². The molecule has 0 N–H and O–H groups in total. The molecule has 108 valence electrons. The van der Waals surface area contributed by atoms with E-state index >= 15 is 0 Å². The Bertz CT molecular complexity index is 738. The van der Waals surface area contributed by atoms with Gasteiger partial charge in [-0.15, -0.1) is 0 Å². The summed E-state index contributed by atoms with van der Waals surface area (Å²) in [5.74, 6) is 0.361. The second-order valence-electron chi connectivity index (χ2n) is 3.84. The minimum absolute atomic E-state index is 0.0801. The van der Waals surface area contributed by atoms with Gasteiger partial charge in [0, 0.05) is 10.5 Å². The zero-order valence-corrected chi connectivity index (χ0v) is 12.5. The van der Waals surface area contributed by atoms with Crippen LogP contribution in [0.25, 0.3) is 0 Å². The Kier molecular flexibility index (Phi) is 4.39. The molecule has 9 heteroatoms. The normalized spacial score (nSPS) is 10.2. The first-order valence-corrected chi connectivity index (χ1v) is 6.61. The van der Waals surface area contributed by atoms with Gasteiger partial charge < -0.3 is 4.74 Å². The number of ether oxygens (including phenoxy) is 1. The summed E-state index contributed by atoms with van der Waals surface area (Å²) in [6.45, 7) is 0. The summed E-state index contributed by atoms with van der Waals surface area (Å²) in [5.41, 5.74) is -1.25. The maximum atomic E-state index is 10.9. The molecule has 0 bridgehead atoms. The van der Waals surface area contributed by atoms with E-state index in [2.05, 4.69) is 15.9 Å². The third-order valence-electron chi connectivity index (χ3n) is 2.46. The molecule has 21 heavy (non-hydrogen) atoms. The summed E-state index contributed by atoms with van der Waals surface area (Å²) < 4.78 is 6.15. The first-order valence-electron chi connectivity index (χ1n) is 5.44. The van der Waals surface area contributed by atoms with Gasteiger partial charge >= 0.3 is 11.4 Å². The molecule has 2 rings (SSSR count). The minimum atomic E-state index is -0.839. The van der Waals surface area contributed by atoms with E-state index in [9.17, 15) is 20.2 Å². The molecule has 0 fully saturated rings. The van der Waals surface area contributed by atoms with Gasteiger partial charge in [0.05, 0.1) is 20.9 Å². The Balaban J connectivity index is 2.39. The molecular formula is C12H6BrClN2O5. The van der Waals surface area contributed by atoms with E-state index in [4.69, 9.17) is 16.3 Å². The molecule has 0 atom stereocenters. The van der Waals surface area contributed by atoms with Crippen LogP contribution in [0.5, 0.6) is 11.5 Å². The van der Waals surface area contributed by atoms with Crippen LogP contribution < -0.4 is 4.74 Å². The number of nitro groups is 2. The van der Waals surface area contributed by atoms with Crippen LogP contribution in [0.15, 0.2) is 40.9 Å². The number of rotatable bonds is 4. The number of nitrogens with zero attached hydrogens (tertiary/aromatic N) is 2. The Labute approximate surface area is 131 Å². The number of halogens is 2. The molecule has 0 aliphatic rings. The Morgan fingerprint density at radius 2 is 1.67 bits per heavy atom. The van der Waals surface area contributed by atoms with Gasteiger partial charge in [0.2, 0.25) is 0 Å². The van der Waals surface area contributed by atoms with Gasteiger partial charge in [-0.2, -0.15) is 0 Å². The van der Waals surface area contributed by atoms with Gasteiger partial charge in [0.1, 0.15) is 11.5 Å². The van der Waals surface area contributed by atoms with Crippen molar-refractivity contribution in [2.75, 3.05) is 0 Å². The fourth-order valence-electron chi connectivity index (χ4n) is 1.55. The van der Waals surface area contributed by atoms with Gasteiger partial charge in [-0.05, 0) is 24.3 Å². The maximum Gasteiger partial charge on any atom is 0.349 e. The number of hydrogen-bond acceptors (Lipinski definition) is 5. The van der Waals surface area contributed by atoms with Crippen molar-refractivity contribution >= 4 is 38.9 Å². The first-order chi connectivity index (χ1) is 9.88. The van der Waals surface area contributed by atoms with Crippen molar-refractivity contribution in [2.24, 2.45) is 0 Å². The third kappa shape index (κ3) is 3.47. The van der Waals surface area contributed by atoms with Crippen molar-refractivity contribution in [1.29, 1.82) is 0 Å². The zero-order chi connectivity index (χ0) is 15.6. The average molecular weight is 374 g/mol. The molecule has 0 radical (unpaired) electrons. The topological polar surface area (TPSA) is 95.5 Å². The molecule has 0 heterocycles. The predicted octanol–water partition coefficient (Wildman–Crippen LogP) is 4.71. The minimum Gasteiger partial charge on any atom is -0.456 e. The highest BCUT2D eigenvalue weighted by atomic mass is 79.9.